The first kappa shape index (κ1) is 38.2. The minimum absolute atomic E-state index is 0.127. The maximum absolute atomic E-state index is 9.64. The molecule has 0 heterocycles. The van der Waals surface area contributed by atoms with Gasteiger partial charge in [-0.15, -0.1) is 0 Å². The third-order valence-corrected chi connectivity index (χ3v) is 5.88. The molecule has 1 N–H and O–H groups in total. The van der Waals surface area contributed by atoms with Crippen LogP contribution >= 0.6 is 0 Å². The molecule has 4 atom stereocenters. The van der Waals surface area contributed by atoms with Crippen LogP contribution < -0.4 is 0 Å². The molecule has 0 radical (unpaired) electrons. The Balaban J connectivity index is -0.000000428. The van der Waals surface area contributed by atoms with Crippen molar-refractivity contribution in [3.63, 3.8) is 0 Å². The van der Waals surface area contributed by atoms with Crippen molar-refractivity contribution in [3.8, 4) is 0 Å². The molecule has 2 heteroatoms. The molecule has 0 aromatic rings. The predicted octanol–water partition coefficient (Wildman–Crippen LogP) is 10.0. The largest absolute Gasteiger partial charge is 0.393 e. The standard InChI is InChI=1S/C12H26O.C10H22O.C10H20/c1-7-13-12(10(4)5)11(6)8-9(2)3;1-7(2)6-9(5)10(11)8(3)4;1-8(2)6-10(5)7-9(3)4/h9-12H,7-8H2,1-6H3;7-11H,6H2,1-5H3;6,8-9H,7H2,1-5H3/b;;10-6-/t11-,12+;9?,10-;/m10./s1. The Labute approximate surface area is 217 Å². The van der Waals surface area contributed by atoms with Crippen LogP contribution in [0.5, 0.6) is 0 Å². The number of rotatable bonds is 13. The lowest BCUT2D eigenvalue weighted by molar-refractivity contribution is -0.0115. The first-order valence-corrected chi connectivity index (χ1v) is 14.4. The summed E-state index contributed by atoms with van der Waals surface area (Å²) >= 11 is 0. The minimum Gasteiger partial charge on any atom is -0.393 e. The van der Waals surface area contributed by atoms with Gasteiger partial charge in [0.2, 0.25) is 0 Å². The summed E-state index contributed by atoms with van der Waals surface area (Å²) in [5.41, 5.74) is 1.53. The van der Waals surface area contributed by atoms with Gasteiger partial charge in [0.15, 0.2) is 0 Å². The zero-order valence-electron chi connectivity index (χ0n) is 26.5. The Hall–Kier alpha value is -0.340. The molecular weight excluding hydrogens is 416 g/mol. The summed E-state index contributed by atoms with van der Waals surface area (Å²) in [6.07, 6.45) is 6.30. The van der Waals surface area contributed by atoms with E-state index < -0.39 is 0 Å². The first-order valence-electron chi connectivity index (χ1n) is 14.4. The number of aliphatic hydroxyl groups is 1. The fraction of sp³-hybridized carbons (Fsp3) is 0.938. The SMILES string of the molecule is C/C(=C/C(C)C)CC(C)C.CC(C)CC(C)[C@@H](O)C(C)C.CCO[C@@H](C(C)C)[C@H](C)CC(C)C. The van der Waals surface area contributed by atoms with E-state index in [-0.39, 0.29) is 6.10 Å². The second-order valence-electron chi connectivity index (χ2n) is 13.0. The van der Waals surface area contributed by atoms with Crippen LogP contribution in [-0.4, -0.2) is 23.9 Å². The molecule has 208 valence electrons. The van der Waals surface area contributed by atoms with E-state index in [0.717, 1.165) is 24.9 Å². The number of aliphatic hydroxyl groups excluding tert-OH is 1. The van der Waals surface area contributed by atoms with Gasteiger partial charge in [0.05, 0.1) is 12.2 Å². The molecule has 0 bridgehead atoms. The van der Waals surface area contributed by atoms with Gasteiger partial charge in [0.1, 0.15) is 0 Å². The highest BCUT2D eigenvalue weighted by molar-refractivity contribution is 4.99. The lowest BCUT2D eigenvalue weighted by atomic mass is 9.88. The molecule has 0 rings (SSSR count). The Bertz CT molecular complexity index is 460. The molecule has 0 saturated carbocycles. The quantitative estimate of drug-likeness (QED) is 0.263. The van der Waals surface area contributed by atoms with Crippen LogP contribution in [0.15, 0.2) is 11.6 Å². The van der Waals surface area contributed by atoms with Crippen molar-refractivity contribution in [3.05, 3.63) is 11.6 Å². The first-order chi connectivity index (χ1) is 15.5. The van der Waals surface area contributed by atoms with Crippen molar-refractivity contribution in [2.24, 2.45) is 47.3 Å². The Morgan fingerprint density at radius 3 is 1.41 bits per heavy atom. The van der Waals surface area contributed by atoms with E-state index in [0.29, 0.717) is 41.6 Å². The van der Waals surface area contributed by atoms with Gasteiger partial charge in [-0.3, -0.25) is 0 Å². The number of hydrogen-bond donors (Lipinski definition) is 1. The van der Waals surface area contributed by atoms with E-state index in [4.69, 9.17) is 4.74 Å². The van der Waals surface area contributed by atoms with E-state index in [9.17, 15) is 5.11 Å². The van der Waals surface area contributed by atoms with Crippen LogP contribution in [0.25, 0.3) is 0 Å². The monoisotopic (exact) mass is 485 g/mol. The van der Waals surface area contributed by atoms with Gasteiger partial charge in [-0.2, -0.15) is 0 Å². The summed E-state index contributed by atoms with van der Waals surface area (Å²) in [5.74, 6) is 5.12. The fourth-order valence-electron chi connectivity index (χ4n) is 4.91. The van der Waals surface area contributed by atoms with Crippen LogP contribution in [0, 0.1) is 47.3 Å². The average Bonchev–Trinajstić information content (AvgIpc) is 2.63. The van der Waals surface area contributed by atoms with E-state index in [1.165, 1.54) is 18.4 Å². The zero-order valence-corrected chi connectivity index (χ0v) is 26.5. The number of ether oxygens (including phenoxy) is 1. The molecule has 0 spiro atoms. The normalized spacial score (nSPS) is 15.9. The van der Waals surface area contributed by atoms with Crippen molar-refractivity contribution in [1.29, 1.82) is 0 Å². The molecule has 0 saturated heterocycles. The number of hydrogen-bond acceptors (Lipinski definition) is 2. The smallest absolute Gasteiger partial charge is 0.0623 e. The van der Waals surface area contributed by atoms with Gasteiger partial charge in [0.25, 0.3) is 0 Å². The highest BCUT2D eigenvalue weighted by Gasteiger charge is 2.21. The third kappa shape index (κ3) is 24.8. The fourth-order valence-corrected chi connectivity index (χ4v) is 4.91. The summed E-state index contributed by atoms with van der Waals surface area (Å²) < 4.78 is 5.77. The predicted molar refractivity (Wildman–Crippen MR) is 156 cm³/mol. The van der Waals surface area contributed by atoms with Crippen molar-refractivity contribution in [1.82, 2.24) is 0 Å². The molecule has 0 aliphatic carbocycles. The maximum atomic E-state index is 9.64. The van der Waals surface area contributed by atoms with Gasteiger partial charge in [-0.05, 0) is 80.5 Å². The van der Waals surface area contributed by atoms with Crippen molar-refractivity contribution < 1.29 is 9.84 Å². The topological polar surface area (TPSA) is 29.5 Å². The van der Waals surface area contributed by atoms with Gasteiger partial charge in [-0.25, -0.2) is 0 Å². The Morgan fingerprint density at radius 2 is 1.12 bits per heavy atom. The molecule has 0 fully saturated rings. The summed E-state index contributed by atoms with van der Waals surface area (Å²) in [7, 11) is 0. The number of allylic oxidation sites excluding steroid dienone is 2. The highest BCUT2D eigenvalue weighted by Crippen LogP contribution is 2.23. The van der Waals surface area contributed by atoms with Gasteiger partial charge < -0.3 is 9.84 Å². The highest BCUT2D eigenvalue weighted by atomic mass is 16.5. The van der Waals surface area contributed by atoms with Crippen molar-refractivity contribution in [2.75, 3.05) is 6.61 Å². The van der Waals surface area contributed by atoms with Crippen LogP contribution in [0.2, 0.25) is 0 Å². The van der Waals surface area contributed by atoms with Crippen LogP contribution in [0.3, 0.4) is 0 Å². The third-order valence-electron chi connectivity index (χ3n) is 5.88. The summed E-state index contributed by atoms with van der Waals surface area (Å²) in [4.78, 5) is 0. The summed E-state index contributed by atoms with van der Waals surface area (Å²) in [6, 6.07) is 0. The molecule has 0 aliphatic heterocycles. The molecule has 0 aliphatic rings. The van der Waals surface area contributed by atoms with Gasteiger partial charge >= 0.3 is 0 Å². The Kier molecular flexibility index (Phi) is 24.6. The van der Waals surface area contributed by atoms with Gasteiger partial charge in [-0.1, -0.05) is 109 Å². The van der Waals surface area contributed by atoms with E-state index in [1.807, 2.05) is 0 Å². The average molecular weight is 485 g/mol. The van der Waals surface area contributed by atoms with Gasteiger partial charge in [0, 0.05) is 6.61 Å². The molecule has 0 aromatic heterocycles. The summed E-state index contributed by atoms with van der Waals surface area (Å²) in [6.45, 7) is 36.1. The molecule has 34 heavy (non-hydrogen) atoms. The zero-order chi connectivity index (χ0) is 27.6. The lowest BCUT2D eigenvalue weighted by Gasteiger charge is -2.28. The van der Waals surface area contributed by atoms with Crippen LogP contribution in [-0.2, 0) is 4.74 Å². The Morgan fingerprint density at radius 1 is 0.676 bits per heavy atom. The van der Waals surface area contributed by atoms with E-state index in [1.54, 1.807) is 0 Å². The van der Waals surface area contributed by atoms with E-state index in [2.05, 4.69) is 117 Å². The van der Waals surface area contributed by atoms with Crippen LogP contribution in [0.1, 0.15) is 130 Å². The molecule has 0 aromatic carbocycles. The lowest BCUT2D eigenvalue weighted by Crippen LogP contribution is -2.28. The van der Waals surface area contributed by atoms with E-state index >= 15 is 0 Å². The maximum Gasteiger partial charge on any atom is 0.0623 e. The van der Waals surface area contributed by atoms with Crippen LogP contribution in [0.4, 0.5) is 0 Å². The molecule has 1 unspecified atom stereocenters. The minimum atomic E-state index is -0.127. The summed E-state index contributed by atoms with van der Waals surface area (Å²) in [5, 5.41) is 9.64. The molecule has 2 nitrogen and oxygen atoms in total. The molecular formula is C32H68O2. The molecule has 0 amide bonds. The van der Waals surface area contributed by atoms with Crippen molar-refractivity contribution in [2.45, 2.75) is 142 Å². The second-order valence-corrected chi connectivity index (χ2v) is 13.0. The van der Waals surface area contributed by atoms with Crippen molar-refractivity contribution >= 4 is 0 Å². The second kappa shape index (κ2) is 21.9.